The van der Waals surface area contributed by atoms with E-state index in [1.165, 1.54) is 6.07 Å². The van der Waals surface area contributed by atoms with Crippen molar-refractivity contribution < 1.29 is 9.18 Å². The van der Waals surface area contributed by atoms with Crippen LogP contribution in [0.1, 0.15) is 12.8 Å². The lowest BCUT2D eigenvalue weighted by atomic mass is 10.3. The minimum atomic E-state index is -0.315. The zero-order valence-electron chi connectivity index (χ0n) is 10.3. The van der Waals surface area contributed by atoms with Crippen LogP contribution in [0.15, 0.2) is 18.2 Å². The van der Waals surface area contributed by atoms with E-state index >= 15 is 0 Å². The summed E-state index contributed by atoms with van der Waals surface area (Å²) in [5, 5.41) is 2.88. The van der Waals surface area contributed by atoms with Crippen LogP contribution in [0.3, 0.4) is 0 Å². The number of rotatable bonds is 4. The van der Waals surface area contributed by atoms with Gasteiger partial charge in [0, 0.05) is 19.0 Å². The maximum atomic E-state index is 13.6. The van der Waals surface area contributed by atoms with Crippen molar-refractivity contribution in [2.75, 3.05) is 6.54 Å². The van der Waals surface area contributed by atoms with Crippen LogP contribution in [-0.4, -0.2) is 22.0 Å². The number of aromatic amines is 1. The molecule has 1 fully saturated rings. The highest BCUT2D eigenvalue weighted by Crippen LogP contribution is 2.28. The van der Waals surface area contributed by atoms with Crippen LogP contribution in [0.2, 0.25) is 0 Å². The van der Waals surface area contributed by atoms with E-state index in [2.05, 4.69) is 10.3 Å². The van der Waals surface area contributed by atoms with Crippen LogP contribution in [0.25, 0.3) is 11.0 Å². The summed E-state index contributed by atoms with van der Waals surface area (Å²) in [4.78, 5) is 14.4. The van der Waals surface area contributed by atoms with Gasteiger partial charge in [0.25, 0.3) is 0 Å². The maximum absolute atomic E-state index is 13.6. The van der Waals surface area contributed by atoms with Crippen LogP contribution in [0, 0.1) is 16.5 Å². The first kappa shape index (κ1) is 12.3. The highest BCUT2D eigenvalue weighted by atomic mass is 32.1. The molecule has 1 aliphatic rings. The summed E-state index contributed by atoms with van der Waals surface area (Å²) in [6, 6.07) is 4.86. The van der Waals surface area contributed by atoms with Gasteiger partial charge in [0.15, 0.2) is 4.77 Å². The quantitative estimate of drug-likeness (QED) is 0.844. The molecule has 2 N–H and O–H groups in total. The van der Waals surface area contributed by atoms with Crippen LogP contribution in [0.4, 0.5) is 4.39 Å². The Labute approximate surface area is 114 Å². The number of benzene rings is 1. The number of halogens is 1. The van der Waals surface area contributed by atoms with Crippen LogP contribution < -0.4 is 5.32 Å². The van der Waals surface area contributed by atoms with E-state index < -0.39 is 0 Å². The number of fused-ring (bicyclic) bond motifs is 1. The first-order valence-corrected chi connectivity index (χ1v) is 6.72. The van der Waals surface area contributed by atoms with E-state index in [0.29, 0.717) is 23.4 Å². The molecule has 1 aromatic carbocycles. The Bertz CT molecular complexity index is 687. The number of nitrogens with one attached hydrogen (secondary N) is 2. The highest BCUT2D eigenvalue weighted by Gasteiger charge is 2.29. The monoisotopic (exact) mass is 279 g/mol. The van der Waals surface area contributed by atoms with Crippen molar-refractivity contribution in [3.8, 4) is 0 Å². The zero-order valence-corrected chi connectivity index (χ0v) is 11.1. The molecule has 1 amide bonds. The summed E-state index contributed by atoms with van der Waals surface area (Å²) in [5.41, 5.74) is 1.15. The molecule has 0 aliphatic heterocycles. The molecule has 0 saturated heterocycles. The number of aromatic nitrogens is 2. The molecule has 0 atom stereocenters. The van der Waals surface area contributed by atoms with Crippen molar-refractivity contribution in [2.24, 2.45) is 5.92 Å². The van der Waals surface area contributed by atoms with E-state index in [0.717, 1.165) is 18.4 Å². The average Bonchev–Trinajstić information content (AvgIpc) is 3.17. The molecule has 1 saturated carbocycles. The van der Waals surface area contributed by atoms with Gasteiger partial charge in [-0.1, -0.05) is 6.07 Å². The summed E-state index contributed by atoms with van der Waals surface area (Å²) in [6.07, 6.45) is 1.98. The third-order valence-corrected chi connectivity index (χ3v) is 3.66. The van der Waals surface area contributed by atoms with Gasteiger partial charge in [0.2, 0.25) is 5.91 Å². The molecular formula is C13H14FN3OS. The van der Waals surface area contributed by atoms with Gasteiger partial charge in [-0.05, 0) is 37.2 Å². The first-order chi connectivity index (χ1) is 9.16. The van der Waals surface area contributed by atoms with Crippen molar-refractivity contribution in [3.63, 3.8) is 0 Å². The predicted molar refractivity (Wildman–Crippen MR) is 72.8 cm³/mol. The minimum absolute atomic E-state index is 0.109. The lowest BCUT2D eigenvalue weighted by Gasteiger charge is -2.06. The molecule has 0 unspecified atom stereocenters. The number of H-pyrrole nitrogens is 1. The van der Waals surface area contributed by atoms with E-state index in [1.807, 2.05) is 6.07 Å². The zero-order chi connectivity index (χ0) is 13.4. The fourth-order valence-electron chi connectivity index (χ4n) is 2.15. The largest absolute Gasteiger partial charge is 0.354 e. The fourth-order valence-corrected chi connectivity index (χ4v) is 2.44. The van der Waals surface area contributed by atoms with Gasteiger partial charge in [0.05, 0.1) is 5.52 Å². The van der Waals surface area contributed by atoms with Gasteiger partial charge < -0.3 is 14.9 Å². The second-order valence-electron chi connectivity index (χ2n) is 4.78. The summed E-state index contributed by atoms with van der Waals surface area (Å²) < 4.78 is 15.9. The van der Waals surface area contributed by atoms with Crippen molar-refractivity contribution in [3.05, 3.63) is 28.8 Å². The molecule has 0 spiro atoms. The van der Waals surface area contributed by atoms with Crippen molar-refractivity contribution in [1.82, 2.24) is 14.9 Å². The average molecular weight is 279 g/mol. The van der Waals surface area contributed by atoms with Crippen molar-refractivity contribution in [1.29, 1.82) is 0 Å². The van der Waals surface area contributed by atoms with Gasteiger partial charge in [-0.3, -0.25) is 4.79 Å². The number of nitrogens with zero attached hydrogens (tertiary/aromatic N) is 1. The Hall–Kier alpha value is -1.69. The fraction of sp³-hybridized carbons (Fsp3) is 0.385. The predicted octanol–water partition coefficient (Wildman–Crippen LogP) is 2.36. The summed E-state index contributed by atoms with van der Waals surface area (Å²) >= 11 is 5.18. The number of imidazole rings is 1. The van der Waals surface area contributed by atoms with E-state index in [9.17, 15) is 9.18 Å². The molecular weight excluding hydrogens is 265 g/mol. The standard InChI is InChI=1S/C13H14FN3OS/c14-9-2-1-3-10-11(9)16-13(19)17(10)7-6-15-12(18)8-4-5-8/h1-3,8H,4-7H2,(H,15,18)(H,16,19). The number of carbonyl (C=O) groups excluding carboxylic acids is 1. The van der Waals surface area contributed by atoms with Crippen LogP contribution >= 0.6 is 12.2 Å². The summed E-state index contributed by atoms with van der Waals surface area (Å²) in [6.45, 7) is 1.05. The van der Waals surface area contributed by atoms with E-state index in [-0.39, 0.29) is 17.6 Å². The second kappa shape index (κ2) is 4.77. The number of para-hydroxylation sites is 1. The Morgan fingerprint density at radius 1 is 1.53 bits per heavy atom. The van der Waals surface area contributed by atoms with Gasteiger partial charge in [-0.25, -0.2) is 4.39 Å². The molecule has 4 nitrogen and oxygen atoms in total. The van der Waals surface area contributed by atoms with Crippen LogP contribution in [-0.2, 0) is 11.3 Å². The number of carbonyl (C=O) groups is 1. The second-order valence-corrected chi connectivity index (χ2v) is 5.17. The smallest absolute Gasteiger partial charge is 0.223 e. The Kier molecular flexibility index (Phi) is 3.10. The van der Waals surface area contributed by atoms with Gasteiger partial charge in [-0.2, -0.15) is 0 Å². The molecule has 100 valence electrons. The number of amides is 1. The highest BCUT2D eigenvalue weighted by molar-refractivity contribution is 7.71. The van der Waals surface area contributed by atoms with Crippen LogP contribution in [0.5, 0.6) is 0 Å². The summed E-state index contributed by atoms with van der Waals surface area (Å²) in [7, 11) is 0. The molecule has 0 bridgehead atoms. The molecule has 1 heterocycles. The van der Waals surface area contributed by atoms with Crippen molar-refractivity contribution >= 4 is 29.2 Å². The molecule has 0 radical (unpaired) electrons. The van der Waals surface area contributed by atoms with Gasteiger partial charge in [0.1, 0.15) is 11.3 Å². The number of hydrogen-bond acceptors (Lipinski definition) is 2. The molecule has 1 aliphatic carbocycles. The van der Waals surface area contributed by atoms with E-state index in [4.69, 9.17) is 12.2 Å². The summed E-state index contributed by atoms with van der Waals surface area (Å²) in [5.74, 6) is -0.00436. The third-order valence-electron chi connectivity index (χ3n) is 3.34. The molecule has 2 aromatic rings. The van der Waals surface area contributed by atoms with Gasteiger partial charge >= 0.3 is 0 Å². The molecule has 6 heteroatoms. The Morgan fingerprint density at radius 3 is 3.05 bits per heavy atom. The van der Waals surface area contributed by atoms with Gasteiger partial charge in [-0.15, -0.1) is 0 Å². The normalized spacial score (nSPS) is 14.8. The lowest BCUT2D eigenvalue weighted by Crippen LogP contribution is -2.28. The lowest BCUT2D eigenvalue weighted by molar-refractivity contribution is -0.122. The topological polar surface area (TPSA) is 49.8 Å². The van der Waals surface area contributed by atoms with Crippen molar-refractivity contribution in [2.45, 2.75) is 19.4 Å². The minimum Gasteiger partial charge on any atom is -0.354 e. The molecule has 3 rings (SSSR count). The first-order valence-electron chi connectivity index (χ1n) is 6.31. The molecule has 1 aromatic heterocycles. The Balaban J connectivity index is 1.76. The SMILES string of the molecule is O=C(NCCn1c(=S)[nH]c2c(F)cccc21)C1CC1. The number of hydrogen-bond donors (Lipinski definition) is 2. The molecule has 19 heavy (non-hydrogen) atoms. The maximum Gasteiger partial charge on any atom is 0.223 e. The Morgan fingerprint density at radius 2 is 2.32 bits per heavy atom. The van der Waals surface area contributed by atoms with E-state index in [1.54, 1.807) is 10.6 Å². The third kappa shape index (κ3) is 2.40.